The van der Waals surface area contributed by atoms with Crippen molar-refractivity contribution in [3.8, 4) is 11.5 Å². The summed E-state index contributed by atoms with van der Waals surface area (Å²) in [6.45, 7) is 4.58. The Kier molecular flexibility index (Phi) is 5.80. The molecule has 1 amide bonds. The standard InChI is InChI=1S/C24H27N7O2/c1-29-21(23-25-19-4-2-3-5-20(19)26-23)16-22(28-29)27-24(33)17-6-8-18(9-7-17)31-12-10-30(11-13-31)14-15-32/h2-9,16,32H,10-15H2,1H3,(H,25,26)(H,27,28,33). The summed E-state index contributed by atoms with van der Waals surface area (Å²) in [5, 5.41) is 16.4. The Hall–Kier alpha value is -3.69. The Labute approximate surface area is 191 Å². The number of hydrogen-bond donors (Lipinski definition) is 3. The van der Waals surface area contributed by atoms with E-state index in [1.165, 1.54) is 0 Å². The monoisotopic (exact) mass is 445 g/mol. The minimum atomic E-state index is -0.205. The molecule has 9 nitrogen and oxygen atoms in total. The fourth-order valence-corrected chi connectivity index (χ4v) is 4.21. The van der Waals surface area contributed by atoms with Crippen molar-refractivity contribution in [2.24, 2.45) is 7.05 Å². The third-order valence-corrected chi connectivity index (χ3v) is 6.04. The topological polar surface area (TPSA) is 102 Å². The van der Waals surface area contributed by atoms with Crippen molar-refractivity contribution in [2.75, 3.05) is 49.5 Å². The molecule has 0 aliphatic carbocycles. The van der Waals surface area contributed by atoms with Crippen molar-refractivity contribution in [3.63, 3.8) is 0 Å². The number of β-amino-alcohol motifs (C(OH)–C–C–N with tert-alkyl or cyclic N) is 1. The number of piperazine rings is 1. The van der Waals surface area contributed by atoms with E-state index in [-0.39, 0.29) is 12.5 Å². The molecule has 2 aromatic carbocycles. The average molecular weight is 446 g/mol. The van der Waals surface area contributed by atoms with Gasteiger partial charge in [0.15, 0.2) is 11.6 Å². The minimum absolute atomic E-state index is 0.194. The molecular formula is C24H27N7O2. The molecule has 2 aromatic heterocycles. The molecule has 0 atom stereocenters. The van der Waals surface area contributed by atoms with Gasteiger partial charge in [-0.1, -0.05) is 12.1 Å². The van der Waals surface area contributed by atoms with Gasteiger partial charge in [-0.3, -0.25) is 14.4 Å². The van der Waals surface area contributed by atoms with Gasteiger partial charge in [0.2, 0.25) is 0 Å². The number of fused-ring (bicyclic) bond motifs is 1. The number of hydrogen-bond acceptors (Lipinski definition) is 6. The van der Waals surface area contributed by atoms with Crippen LogP contribution in [0.15, 0.2) is 54.6 Å². The van der Waals surface area contributed by atoms with Crippen LogP contribution in [-0.2, 0) is 7.05 Å². The average Bonchev–Trinajstić information content (AvgIpc) is 3.42. The molecule has 1 saturated heterocycles. The van der Waals surface area contributed by atoms with Gasteiger partial charge >= 0.3 is 0 Å². The van der Waals surface area contributed by atoms with Crippen LogP contribution >= 0.6 is 0 Å². The number of H-pyrrole nitrogens is 1. The van der Waals surface area contributed by atoms with Crippen LogP contribution in [0.3, 0.4) is 0 Å². The Morgan fingerprint density at radius 1 is 1.09 bits per heavy atom. The minimum Gasteiger partial charge on any atom is -0.395 e. The van der Waals surface area contributed by atoms with Crippen molar-refractivity contribution in [1.82, 2.24) is 24.6 Å². The molecule has 0 radical (unpaired) electrons. The summed E-state index contributed by atoms with van der Waals surface area (Å²) < 4.78 is 1.70. The van der Waals surface area contributed by atoms with E-state index in [9.17, 15) is 4.79 Å². The lowest BCUT2D eigenvalue weighted by Gasteiger charge is -2.35. The number of rotatable bonds is 6. The quantitative estimate of drug-likeness (QED) is 0.421. The molecule has 3 heterocycles. The Bertz CT molecular complexity index is 1220. The van der Waals surface area contributed by atoms with Crippen molar-refractivity contribution in [1.29, 1.82) is 0 Å². The summed E-state index contributed by atoms with van der Waals surface area (Å²) in [6.07, 6.45) is 0. The Morgan fingerprint density at radius 2 is 1.85 bits per heavy atom. The van der Waals surface area contributed by atoms with E-state index in [0.29, 0.717) is 17.2 Å². The highest BCUT2D eigenvalue weighted by Crippen LogP contribution is 2.23. The zero-order chi connectivity index (χ0) is 22.8. The first kappa shape index (κ1) is 21.2. The third kappa shape index (κ3) is 4.46. The highest BCUT2D eigenvalue weighted by atomic mass is 16.3. The van der Waals surface area contributed by atoms with Crippen LogP contribution in [0.5, 0.6) is 0 Å². The smallest absolute Gasteiger partial charge is 0.256 e. The lowest BCUT2D eigenvalue weighted by atomic mass is 10.1. The zero-order valence-corrected chi connectivity index (χ0v) is 18.5. The number of benzene rings is 2. The second-order valence-corrected chi connectivity index (χ2v) is 8.19. The van der Waals surface area contributed by atoms with E-state index in [1.807, 2.05) is 61.6 Å². The van der Waals surface area contributed by atoms with Gasteiger partial charge < -0.3 is 20.3 Å². The normalized spacial score (nSPS) is 14.7. The van der Waals surface area contributed by atoms with Gasteiger partial charge in [0.1, 0.15) is 5.69 Å². The van der Waals surface area contributed by atoms with Crippen LogP contribution in [0.1, 0.15) is 10.4 Å². The molecule has 0 spiro atoms. The van der Waals surface area contributed by atoms with Gasteiger partial charge in [0.05, 0.1) is 17.6 Å². The number of carbonyl (C=O) groups excluding carboxylic acids is 1. The number of carbonyl (C=O) groups is 1. The van der Waals surface area contributed by atoms with Crippen LogP contribution < -0.4 is 10.2 Å². The van der Waals surface area contributed by atoms with E-state index in [0.717, 1.165) is 55.1 Å². The molecule has 4 aromatic rings. The van der Waals surface area contributed by atoms with E-state index < -0.39 is 0 Å². The van der Waals surface area contributed by atoms with Gasteiger partial charge in [0, 0.05) is 57.1 Å². The Morgan fingerprint density at radius 3 is 2.58 bits per heavy atom. The SMILES string of the molecule is Cn1nc(NC(=O)c2ccc(N3CCN(CCO)CC3)cc2)cc1-c1nc2ccccc2[nH]1. The fourth-order valence-electron chi connectivity index (χ4n) is 4.21. The third-order valence-electron chi connectivity index (χ3n) is 6.04. The number of aryl methyl sites for hydroxylation is 1. The van der Waals surface area contributed by atoms with Crippen LogP contribution in [0.2, 0.25) is 0 Å². The lowest BCUT2D eigenvalue weighted by Crippen LogP contribution is -2.47. The largest absolute Gasteiger partial charge is 0.395 e. The molecule has 1 aliphatic heterocycles. The van der Waals surface area contributed by atoms with Crippen LogP contribution in [-0.4, -0.2) is 75.0 Å². The number of anilines is 2. The van der Waals surface area contributed by atoms with Gasteiger partial charge in [0.25, 0.3) is 5.91 Å². The van der Waals surface area contributed by atoms with Crippen LogP contribution in [0, 0.1) is 0 Å². The number of aliphatic hydroxyl groups excluding tert-OH is 1. The first-order valence-electron chi connectivity index (χ1n) is 11.1. The first-order chi connectivity index (χ1) is 16.1. The molecule has 0 unspecified atom stereocenters. The molecule has 1 aliphatic rings. The second kappa shape index (κ2) is 9.05. The molecule has 9 heteroatoms. The molecule has 170 valence electrons. The zero-order valence-electron chi connectivity index (χ0n) is 18.5. The molecule has 3 N–H and O–H groups in total. The van der Waals surface area contributed by atoms with E-state index in [1.54, 1.807) is 4.68 Å². The molecule has 1 fully saturated rings. The Balaban J connectivity index is 1.25. The maximum absolute atomic E-state index is 12.8. The maximum Gasteiger partial charge on any atom is 0.256 e. The number of nitrogens with one attached hydrogen (secondary N) is 2. The van der Waals surface area contributed by atoms with Crippen molar-refractivity contribution in [3.05, 3.63) is 60.2 Å². The van der Waals surface area contributed by atoms with E-state index in [4.69, 9.17) is 5.11 Å². The van der Waals surface area contributed by atoms with Crippen LogP contribution in [0.25, 0.3) is 22.6 Å². The number of nitrogens with zero attached hydrogens (tertiary/aromatic N) is 5. The van der Waals surface area contributed by atoms with Gasteiger partial charge in [-0.2, -0.15) is 5.10 Å². The predicted octanol–water partition coefficient (Wildman–Crippen LogP) is 2.33. The van der Waals surface area contributed by atoms with E-state index >= 15 is 0 Å². The lowest BCUT2D eigenvalue weighted by molar-refractivity contribution is 0.102. The number of imidazole rings is 1. The molecular weight excluding hydrogens is 418 g/mol. The number of amides is 1. The highest BCUT2D eigenvalue weighted by Gasteiger charge is 2.18. The van der Waals surface area contributed by atoms with Gasteiger partial charge in [-0.15, -0.1) is 0 Å². The molecule has 5 rings (SSSR count). The van der Waals surface area contributed by atoms with Gasteiger partial charge in [-0.05, 0) is 36.4 Å². The number of aliphatic hydroxyl groups is 1. The molecule has 0 saturated carbocycles. The summed E-state index contributed by atoms with van der Waals surface area (Å²) in [6, 6.07) is 17.3. The highest BCUT2D eigenvalue weighted by molar-refractivity contribution is 6.04. The fraction of sp³-hybridized carbons (Fsp3) is 0.292. The van der Waals surface area contributed by atoms with Gasteiger partial charge in [-0.25, -0.2) is 4.98 Å². The summed E-state index contributed by atoms with van der Waals surface area (Å²) in [5.41, 5.74) is 4.30. The first-order valence-corrected chi connectivity index (χ1v) is 11.1. The molecule has 0 bridgehead atoms. The summed E-state index contributed by atoms with van der Waals surface area (Å²) in [5.74, 6) is 0.973. The van der Waals surface area contributed by atoms with E-state index in [2.05, 4.69) is 30.2 Å². The number of aromatic nitrogens is 4. The van der Waals surface area contributed by atoms with Crippen LogP contribution in [0.4, 0.5) is 11.5 Å². The summed E-state index contributed by atoms with van der Waals surface area (Å²) in [4.78, 5) is 25.2. The summed E-state index contributed by atoms with van der Waals surface area (Å²) in [7, 11) is 1.83. The molecule has 33 heavy (non-hydrogen) atoms. The number of aromatic amines is 1. The second-order valence-electron chi connectivity index (χ2n) is 8.19. The van der Waals surface area contributed by atoms with Crippen molar-refractivity contribution >= 4 is 28.4 Å². The predicted molar refractivity (Wildman–Crippen MR) is 128 cm³/mol. The van der Waals surface area contributed by atoms with Crippen molar-refractivity contribution in [2.45, 2.75) is 0 Å². The van der Waals surface area contributed by atoms with Crippen molar-refractivity contribution < 1.29 is 9.90 Å². The summed E-state index contributed by atoms with van der Waals surface area (Å²) >= 11 is 0. The maximum atomic E-state index is 12.8. The number of para-hydroxylation sites is 2.